The molecule has 5 heteroatoms. The predicted octanol–water partition coefficient (Wildman–Crippen LogP) is 1.64. The fourth-order valence-electron chi connectivity index (χ4n) is 1.62. The molecular formula is C15H23N3O2. The first-order chi connectivity index (χ1) is 9.58. The number of nitrogens with one attached hydrogen (secondary N) is 2. The summed E-state index contributed by atoms with van der Waals surface area (Å²) in [4.78, 5) is 27.0. The van der Waals surface area contributed by atoms with Crippen molar-refractivity contribution in [2.75, 3.05) is 6.54 Å². The van der Waals surface area contributed by atoms with Gasteiger partial charge in [0.15, 0.2) is 0 Å². The van der Waals surface area contributed by atoms with Crippen LogP contribution in [0.3, 0.4) is 0 Å². The molecule has 0 radical (unpaired) electrons. The maximum atomic E-state index is 11.6. The van der Waals surface area contributed by atoms with E-state index in [1.54, 1.807) is 12.4 Å². The molecule has 0 aliphatic carbocycles. The highest BCUT2D eigenvalue weighted by molar-refractivity contribution is 5.78. The molecule has 5 nitrogen and oxygen atoms in total. The van der Waals surface area contributed by atoms with Gasteiger partial charge in [0.1, 0.15) is 0 Å². The standard InChI is InChI=1S/C15H23N3O2/c1-12(2)5-6-14(19)17-9-7-15(20)18-11-13-4-3-8-16-10-13/h3-4,8,10,12H,5-7,9,11H2,1-2H3,(H,17,19)(H,18,20). The molecule has 2 amide bonds. The fourth-order valence-corrected chi connectivity index (χ4v) is 1.62. The lowest BCUT2D eigenvalue weighted by Crippen LogP contribution is -2.30. The van der Waals surface area contributed by atoms with Crippen molar-refractivity contribution in [1.29, 1.82) is 0 Å². The highest BCUT2D eigenvalue weighted by Crippen LogP contribution is 2.02. The van der Waals surface area contributed by atoms with E-state index in [1.807, 2.05) is 12.1 Å². The number of hydrogen-bond acceptors (Lipinski definition) is 3. The molecule has 2 N–H and O–H groups in total. The average Bonchev–Trinajstić information content (AvgIpc) is 2.44. The Balaban J connectivity index is 2.10. The van der Waals surface area contributed by atoms with Crippen LogP contribution in [-0.2, 0) is 16.1 Å². The number of nitrogens with zero attached hydrogens (tertiary/aromatic N) is 1. The van der Waals surface area contributed by atoms with Gasteiger partial charge in [0, 0.05) is 38.3 Å². The minimum Gasteiger partial charge on any atom is -0.356 e. The van der Waals surface area contributed by atoms with E-state index in [4.69, 9.17) is 0 Å². The summed E-state index contributed by atoms with van der Waals surface area (Å²) >= 11 is 0. The maximum absolute atomic E-state index is 11.6. The van der Waals surface area contributed by atoms with Crippen LogP contribution in [-0.4, -0.2) is 23.3 Å². The Labute approximate surface area is 120 Å². The predicted molar refractivity (Wildman–Crippen MR) is 77.8 cm³/mol. The van der Waals surface area contributed by atoms with E-state index < -0.39 is 0 Å². The summed E-state index contributed by atoms with van der Waals surface area (Å²) in [5.41, 5.74) is 0.960. The van der Waals surface area contributed by atoms with E-state index in [-0.39, 0.29) is 11.8 Å². The Morgan fingerprint density at radius 3 is 2.60 bits per heavy atom. The van der Waals surface area contributed by atoms with Crippen molar-refractivity contribution in [3.05, 3.63) is 30.1 Å². The molecule has 1 rings (SSSR count). The summed E-state index contributed by atoms with van der Waals surface area (Å²) in [6.45, 7) is 5.02. The summed E-state index contributed by atoms with van der Waals surface area (Å²) in [6, 6.07) is 3.73. The first-order valence-electron chi connectivity index (χ1n) is 7.00. The van der Waals surface area contributed by atoms with Gasteiger partial charge in [-0.15, -0.1) is 0 Å². The molecule has 0 bridgehead atoms. The van der Waals surface area contributed by atoms with Crippen LogP contribution < -0.4 is 10.6 Å². The van der Waals surface area contributed by atoms with Crippen molar-refractivity contribution in [3.63, 3.8) is 0 Å². The third kappa shape index (κ3) is 7.51. The zero-order valence-electron chi connectivity index (χ0n) is 12.2. The third-order valence-corrected chi connectivity index (χ3v) is 2.84. The van der Waals surface area contributed by atoms with Crippen LogP contribution in [0.5, 0.6) is 0 Å². The van der Waals surface area contributed by atoms with E-state index in [2.05, 4.69) is 29.5 Å². The lowest BCUT2D eigenvalue weighted by Gasteiger charge is -2.07. The summed E-state index contributed by atoms with van der Waals surface area (Å²) in [5, 5.41) is 5.55. The largest absolute Gasteiger partial charge is 0.356 e. The van der Waals surface area contributed by atoms with Gasteiger partial charge in [-0.25, -0.2) is 0 Å². The number of carbonyl (C=O) groups is 2. The van der Waals surface area contributed by atoms with Gasteiger partial charge in [0.25, 0.3) is 0 Å². The second kappa shape index (κ2) is 9.07. The molecule has 0 aliphatic rings. The number of carbonyl (C=O) groups excluding carboxylic acids is 2. The van der Waals surface area contributed by atoms with Crippen LogP contribution >= 0.6 is 0 Å². The minimum atomic E-state index is -0.0713. The van der Waals surface area contributed by atoms with Crippen molar-refractivity contribution < 1.29 is 9.59 Å². The normalized spacial score (nSPS) is 10.3. The molecule has 1 heterocycles. The zero-order chi connectivity index (χ0) is 14.8. The van der Waals surface area contributed by atoms with Crippen molar-refractivity contribution in [2.24, 2.45) is 5.92 Å². The topological polar surface area (TPSA) is 71.1 Å². The van der Waals surface area contributed by atoms with Crippen LogP contribution in [0.2, 0.25) is 0 Å². The lowest BCUT2D eigenvalue weighted by molar-refractivity contribution is -0.122. The summed E-state index contributed by atoms with van der Waals surface area (Å²) in [5.74, 6) is 0.459. The molecule has 0 spiro atoms. The SMILES string of the molecule is CC(C)CCC(=O)NCCC(=O)NCc1cccnc1. The van der Waals surface area contributed by atoms with Crippen molar-refractivity contribution in [1.82, 2.24) is 15.6 Å². The molecule has 20 heavy (non-hydrogen) atoms. The minimum absolute atomic E-state index is 0.0127. The van der Waals surface area contributed by atoms with Gasteiger partial charge >= 0.3 is 0 Å². The molecule has 0 unspecified atom stereocenters. The molecule has 1 aromatic heterocycles. The van der Waals surface area contributed by atoms with Crippen LogP contribution in [0, 0.1) is 5.92 Å². The number of pyridine rings is 1. The average molecular weight is 277 g/mol. The van der Waals surface area contributed by atoms with E-state index in [1.165, 1.54) is 0 Å². The molecule has 110 valence electrons. The highest BCUT2D eigenvalue weighted by atomic mass is 16.2. The number of hydrogen-bond donors (Lipinski definition) is 2. The molecule has 0 saturated heterocycles. The van der Waals surface area contributed by atoms with Gasteiger partial charge in [-0.2, -0.15) is 0 Å². The van der Waals surface area contributed by atoms with Crippen LogP contribution in [0.1, 0.15) is 38.7 Å². The van der Waals surface area contributed by atoms with Crippen molar-refractivity contribution >= 4 is 11.8 Å². The van der Waals surface area contributed by atoms with Crippen LogP contribution in [0.15, 0.2) is 24.5 Å². The molecule has 0 saturated carbocycles. The smallest absolute Gasteiger partial charge is 0.222 e. The first kappa shape index (κ1) is 16.1. The van der Waals surface area contributed by atoms with E-state index in [9.17, 15) is 9.59 Å². The molecule has 0 aromatic carbocycles. The molecular weight excluding hydrogens is 254 g/mol. The van der Waals surface area contributed by atoms with Gasteiger partial charge in [-0.1, -0.05) is 19.9 Å². The Hall–Kier alpha value is -1.91. The van der Waals surface area contributed by atoms with Crippen molar-refractivity contribution in [3.8, 4) is 0 Å². The second-order valence-corrected chi connectivity index (χ2v) is 5.17. The van der Waals surface area contributed by atoms with Gasteiger partial charge in [0.2, 0.25) is 11.8 Å². The molecule has 0 aliphatic heterocycles. The van der Waals surface area contributed by atoms with Crippen molar-refractivity contribution in [2.45, 2.75) is 39.7 Å². The Bertz CT molecular complexity index is 418. The van der Waals surface area contributed by atoms with E-state index >= 15 is 0 Å². The Kier molecular flexibility index (Phi) is 7.32. The number of amides is 2. The highest BCUT2D eigenvalue weighted by Gasteiger charge is 2.05. The lowest BCUT2D eigenvalue weighted by atomic mass is 10.1. The van der Waals surface area contributed by atoms with Gasteiger partial charge in [-0.3, -0.25) is 14.6 Å². The molecule has 0 fully saturated rings. The van der Waals surface area contributed by atoms with Gasteiger partial charge in [-0.05, 0) is 24.0 Å². The number of aromatic nitrogens is 1. The zero-order valence-corrected chi connectivity index (χ0v) is 12.2. The summed E-state index contributed by atoms with van der Waals surface area (Å²) in [7, 11) is 0. The Morgan fingerprint density at radius 2 is 1.95 bits per heavy atom. The maximum Gasteiger partial charge on any atom is 0.222 e. The Morgan fingerprint density at radius 1 is 1.20 bits per heavy atom. The van der Waals surface area contributed by atoms with Gasteiger partial charge in [0.05, 0.1) is 0 Å². The first-order valence-corrected chi connectivity index (χ1v) is 7.00. The third-order valence-electron chi connectivity index (χ3n) is 2.84. The molecule has 0 atom stereocenters. The van der Waals surface area contributed by atoms with E-state index in [0.717, 1.165) is 12.0 Å². The number of rotatable bonds is 8. The van der Waals surface area contributed by atoms with Crippen LogP contribution in [0.25, 0.3) is 0 Å². The quantitative estimate of drug-likeness (QED) is 0.759. The molecule has 1 aromatic rings. The second-order valence-electron chi connectivity index (χ2n) is 5.17. The van der Waals surface area contributed by atoms with Gasteiger partial charge < -0.3 is 10.6 Å². The van der Waals surface area contributed by atoms with Crippen LogP contribution in [0.4, 0.5) is 0 Å². The summed E-state index contributed by atoms with van der Waals surface area (Å²) in [6.07, 6.45) is 5.10. The van der Waals surface area contributed by atoms with E-state index in [0.29, 0.717) is 31.8 Å². The summed E-state index contributed by atoms with van der Waals surface area (Å²) < 4.78 is 0. The monoisotopic (exact) mass is 277 g/mol. The fraction of sp³-hybridized carbons (Fsp3) is 0.533.